The van der Waals surface area contributed by atoms with Gasteiger partial charge >= 0.3 is 0 Å². The van der Waals surface area contributed by atoms with E-state index in [1.807, 2.05) is 6.92 Å². The number of nitrogens with two attached hydrogens (primary N) is 1. The molecule has 0 saturated carbocycles. The molecule has 0 fully saturated rings. The maximum atomic E-state index is 6.44. The molecule has 28 heavy (non-hydrogen) atoms. The van der Waals surface area contributed by atoms with Gasteiger partial charge in [0.1, 0.15) is 5.84 Å². The summed E-state index contributed by atoms with van der Waals surface area (Å²) in [5.74, 6) is 0.574. The Morgan fingerprint density at radius 3 is 2.14 bits per heavy atom. The van der Waals surface area contributed by atoms with Crippen molar-refractivity contribution in [1.82, 2.24) is 4.90 Å². The quantitative estimate of drug-likeness (QED) is 0.494. The third-order valence-corrected chi connectivity index (χ3v) is 5.62. The average molecular weight is 378 g/mol. The van der Waals surface area contributed by atoms with Gasteiger partial charge in [-0.05, 0) is 92.1 Å². The van der Waals surface area contributed by atoms with Crippen LogP contribution < -0.4 is 5.73 Å². The molecule has 0 spiro atoms. The summed E-state index contributed by atoms with van der Waals surface area (Å²) in [6.07, 6.45) is 2.00. The van der Waals surface area contributed by atoms with Crippen LogP contribution in [0.3, 0.4) is 0 Å². The van der Waals surface area contributed by atoms with E-state index in [4.69, 9.17) is 10.7 Å². The summed E-state index contributed by atoms with van der Waals surface area (Å²) in [7, 11) is 2.07. The fraction of sp³-hybridized carbons (Fsp3) is 0.400. The topological polar surface area (TPSA) is 41.6 Å². The second-order valence-corrected chi connectivity index (χ2v) is 7.78. The van der Waals surface area contributed by atoms with Gasteiger partial charge in [-0.1, -0.05) is 26.5 Å². The summed E-state index contributed by atoms with van der Waals surface area (Å²) in [5, 5.41) is 0. The first-order chi connectivity index (χ1) is 13.2. The number of hydrogen-bond acceptors (Lipinski definition) is 2. The molecular formula is C25H35N3. The van der Waals surface area contributed by atoms with Crippen LogP contribution in [-0.4, -0.2) is 17.8 Å². The molecule has 0 atom stereocenters. The van der Waals surface area contributed by atoms with Gasteiger partial charge in [0.25, 0.3) is 0 Å². The second-order valence-electron chi connectivity index (χ2n) is 7.78. The van der Waals surface area contributed by atoms with E-state index in [9.17, 15) is 0 Å². The largest absolute Gasteiger partial charge is 0.383 e. The van der Waals surface area contributed by atoms with E-state index in [1.165, 1.54) is 33.4 Å². The van der Waals surface area contributed by atoms with Crippen LogP contribution >= 0.6 is 0 Å². The van der Waals surface area contributed by atoms with Crippen LogP contribution in [0.4, 0.5) is 5.69 Å². The van der Waals surface area contributed by atoms with E-state index in [0.29, 0.717) is 5.84 Å². The zero-order chi connectivity index (χ0) is 21.0. The van der Waals surface area contributed by atoms with Crippen molar-refractivity contribution in [1.29, 1.82) is 0 Å². The molecule has 2 aromatic rings. The van der Waals surface area contributed by atoms with Crippen molar-refractivity contribution < 1.29 is 0 Å². The van der Waals surface area contributed by atoms with Crippen LogP contribution in [0.15, 0.2) is 41.5 Å². The Kier molecular flexibility index (Phi) is 7.06. The van der Waals surface area contributed by atoms with Crippen LogP contribution in [0, 0.1) is 20.8 Å². The predicted molar refractivity (Wildman–Crippen MR) is 123 cm³/mol. The molecule has 2 rings (SSSR count). The molecule has 0 amide bonds. The molecule has 0 saturated heterocycles. The van der Waals surface area contributed by atoms with Gasteiger partial charge < -0.3 is 10.6 Å². The minimum absolute atomic E-state index is 0.574. The minimum atomic E-state index is 0.574. The van der Waals surface area contributed by atoms with Gasteiger partial charge in [0.15, 0.2) is 0 Å². The highest BCUT2D eigenvalue weighted by Crippen LogP contribution is 2.27. The number of aliphatic imine (C=N–C) groups is 1. The van der Waals surface area contributed by atoms with Crippen LogP contribution in [-0.2, 0) is 19.4 Å². The number of aryl methyl sites for hydroxylation is 4. The van der Waals surface area contributed by atoms with Crippen molar-refractivity contribution in [2.24, 2.45) is 10.7 Å². The molecule has 0 aliphatic rings. The molecule has 3 nitrogen and oxygen atoms in total. The van der Waals surface area contributed by atoms with Gasteiger partial charge in [0.05, 0.1) is 5.69 Å². The predicted octanol–water partition coefficient (Wildman–Crippen LogP) is 5.74. The van der Waals surface area contributed by atoms with E-state index in [1.54, 1.807) is 0 Å². The number of benzene rings is 2. The van der Waals surface area contributed by atoms with Crippen molar-refractivity contribution >= 4 is 11.5 Å². The molecule has 0 aliphatic heterocycles. The highest BCUT2D eigenvalue weighted by Gasteiger charge is 2.11. The third kappa shape index (κ3) is 4.83. The van der Waals surface area contributed by atoms with Gasteiger partial charge in [-0.25, -0.2) is 4.99 Å². The van der Waals surface area contributed by atoms with E-state index < -0.39 is 0 Å². The van der Waals surface area contributed by atoms with Gasteiger partial charge in [-0.2, -0.15) is 0 Å². The van der Waals surface area contributed by atoms with Crippen LogP contribution in [0.25, 0.3) is 0 Å². The Hall–Kier alpha value is -2.55. The molecule has 150 valence electrons. The third-order valence-electron chi connectivity index (χ3n) is 5.62. The zero-order valence-corrected chi connectivity index (χ0v) is 18.6. The van der Waals surface area contributed by atoms with Crippen molar-refractivity contribution in [3.8, 4) is 0 Å². The summed E-state index contributed by atoms with van der Waals surface area (Å²) in [6, 6.07) is 8.74. The molecule has 0 aromatic heterocycles. The smallest absolute Gasteiger partial charge is 0.131 e. The monoisotopic (exact) mass is 377 g/mol. The zero-order valence-electron chi connectivity index (χ0n) is 18.6. The Bertz CT molecular complexity index is 883. The Morgan fingerprint density at radius 2 is 1.64 bits per heavy atom. The summed E-state index contributed by atoms with van der Waals surface area (Å²) in [5.41, 5.74) is 17.1. The van der Waals surface area contributed by atoms with E-state index in [2.05, 4.69) is 77.4 Å². The number of amidine groups is 1. The Labute approximate surface area is 171 Å². The Morgan fingerprint density at radius 1 is 1.04 bits per heavy atom. The standard InChI is InChI=1S/C25H35N3/c1-9-20-13-21(10-2)19(7)24(14-20)27-25(26)22-11-17(5)23(18(6)12-22)15-28(8)16(3)4/h11-14H,3,9-10,15H2,1-2,4-8H3,(H2,26,27). The summed E-state index contributed by atoms with van der Waals surface area (Å²) < 4.78 is 0. The molecule has 0 heterocycles. The number of nitrogens with zero attached hydrogens (tertiary/aromatic N) is 2. The van der Waals surface area contributed by atoms with E-state index in [0.717, 1.165) is 36.3 Å². The number of hydrogen-bond donors (Lipinski definition) is 1. The molecule has 0 aliphatic carbocycles. The maximum Gasteiger partial charge on any atom is 0.131 e. The minimum Gasteiger partial charge on any atom is -0.383 e. The number of rotatable bonds is 7. The molecule has 2 N–H and O–H groups in total. The normalized spacial score (nSPS) is 11.6. The molecule has 0 radical (unpaired) electrons. The van der Waals surface area contributed by atoms with E-state index >= 15 is 0 Å². The SMILES string of the molecule is C=C(C)N(C)Cc1c(C)cc(/C(N)=N/c2cc(CC)cc(CC)c2C)cc1C. The van der Waals surface area contributed by atoms with Gasteiger partial charge in [0.2, 0.25) is 0 Å². The summed E-state index contributed by atoms with van der Waals surface area (Å²) in [6.45, 7) is 17.7. The van der Waals surface area contributed by atoms with Crippen LogP contribution in [0.5, 0.6) is 0 Å². The van der Waals surface area contributed by atoms with Gasteiger partial charge in [0, 0.05) is 24.9 Å². The lowest BCUT2D eigenvalue weighted by Crippen LogP contribution is -2.18. The first kappa shape index (κ1) is 21.7. The fourth-order valence-electron chi connectivity index (χ4n) is 3.47. The van der Waals surface area contributed by atoms with Gasteiger partial charge in [-0.15, -0.1) is 0 Å². The highest BCUT2D eigenvalue weighted by molar-refractivity contribution is 5.99. The maximum absolute atomic E-state index is 6.44. The van der Waals surface area contributed by atoms with Crippen molar-refractivity contribution in [2.45, 2.75) is 60.9 Å². The average Bonchev–Trinajstić information content (AvgIpc) is 2.65. The van der Waals surface area contributed by atoms with Crippen molar-refractivity contribution in [3.63, 3.8) is 0 Å². The van der Waals surface area contributed by atoms with Crippen molar-refractivity contribution in [3.05, 3.63) is 75.5 Å². The first-order valence-electron chi connectivity index (χ1n) is 10.1. The van der Waals surface area contributed by atoms with Crippen molar-refractivity contribution in [2.75, 3.05) is 7.05 Å². The van der Waals surface area contributed by atoms with Crippen LogP contribution in [0.1, 0.15) is 59.7 Å². The molecule has 0 unspecified atom stereocenters. The Balaban J connectivity index is 2.45. The van der Waals surface area contributed by atoms with E-state index in [-0.39, 0.29) is 0 Å². The van der Waals surface area contributed by atoms with Gasteiger partial charge in [-0.3, -0.25) is 0 Å². The molecular weight excluding hydrogens is 342 g/mol. The lowest BCUT2D eigenvalue weighted by Gasteiger charge is -2.22. The first-order valence-corrected chi connectivity index (χ1v) is 10.1. The summed E-state index contributed by atoms with van der Waals surface area (Å²) in [4.78, 5) is 6.98. The fourth-order valence-corrected chi connectivity index (χ4v) is 3.47. The second kappa shape index (κ2) is 9.09. The summed E-state index contributed by atoms with van der Waals surface area (Å²) >= 11 is 0. The number of allylic oxidation sites excluding steroid dienone is 1. The van der Waals surface area contributed by atoms with Crippen LogP contribution in [0.2, 0.25) is 0 Å². The highest BCUT2D eigenvalue weighted by atomic mass is 15.1. The molecule has 0 bridgehead atoms. The molecule has 3 heteroatoms. The lowest BCUT2D eigenvalue weighted by molar-refractivity contribution is 0.412. The lowest BCUT2D eigenvalue weighted by atomic mass is 9.97. The molecule has 2 aromatic carbocycles.